The Bertz CT molecular complexity index is 175. The average molecular weight is 228 g/mol. The zero-order valence-corrected chi connectivity index (χ0v) is 10.6. The van der Waals surface area contributed by atoms with Gasteiger partial charge in [0.05, 0.1) is 12.7 Å². The molecule has 2 aliphatic rings. The van der Waals surface area contributed by atoms with E-state index in [0.717, 1.165) is 12.4 Å². The van der Waals surface area contributed by atoms with E-state index in [0.29, 0.717) is 11.5 Å². The van der Waals surface area contributed by atoms with Crippen LogP contribution in [0.1, 0.15) is 57.8 Å². The minimum atomic E-state index is 0.454. The maximum Gasteiger partial charge on any atom is 0.0575 e. The molecule has 15 heavy (non-hydrogen) atoms. The predicted octanol–water partition coefficient (Wildman–Crippen LogP) is 3.83. The number of ether oxygens (including phenoxy) is 1. The van der Waals surface area contributed by atoms with E-state index in [4.69, 9.17) is 4.74 Å². The van der Waals surface area contributed by atoms with Gasteiger partial charge in [-0.3, -0.25) is 0 Å². The van der Waals surface area contributed by atoms with Gasteiger partial charge in [-0.1, -0.05) is 32.1 Å². The fourth-order valence-corrected chi connectivity index (χ4v) is 3.14. The van der Waals surface area contributed by atoms with Crippen LogP contribution in [0.4, 0.5) is 0 Å². The SMILES string of the molecule is SCC1(COC2CCCCCC2)CCC1. The lowest BCUT2D eigenvalue weighted by atomic mass is 9.71. The predicted molar refractivity (Wildman–Crippen MR) is 67.6 cm³/mol. The van der Waals surface area contributed by atoms with Gasteiger partial charge >= 0.3 is 0 Å². The van der Waals surface area contributed by atoms with Crippen molar-refractivity contribution in [2.45, 2.75) is 63.9 Å². The molecule has 2 saturated carbocycles. The molecule has 0 atom stereocenters. The molecule has 0 aromatic rings. The lowest BCUT2D eigenvalue weighted by molar-refractivity contribution is -0.0374. The first kappa shape index (κ1) is 11.8. The lowest BCUT2D eigenvalue weighted by Crippen LogP contribution is -2.37. The molecule has 0 aromatic heterocycles. The minimum absolute atomic E-state index is 0.454. The molecular weight excluding hydrogens is 204 g/mol. The van der Waals surface area contributed by atoms with Gasteiger partial charge in [0.15, 0.2) is 0 Å². The van der Waals surface area contributed by atoms with Crippen LogP contribution in [-0.4, -0.2) is 18.5 Å². The summed E-state index contributed by atoms with van der Waals surface area (Å²) in [6, 6.07) is 0. The van der Waals surface area contributed by atoms with Gasteiger partial charge in [-0.05, 0) is 31.4 Å². The molecule has 0 unspecified atom stereocenters. The van der Waals surface area contributed by atoms with Crippen LogP contribution in [0.15, 0.2) is 0 Å². The Morgan fingerprint density at radius 2 is 1.67 bits per heavy atom. The highest BCUT2D eigenvalue weighted by atomic mass is 32.1. The molecule has 0 heterocycles. The summed E-state index contributed by atoms with van der Waals surface area (Å²) in [5, 5.41) is 0. The molecule has 0 bridgehead atoms. The van der Waals surface area contributed by atoms with Crippen LogP contribution in [-0.2, 0) is 4.74 Å². The zero-order valence-electron chi connectivity index (χ0n) is 9.71. The molecule has 2 fully saturated rings. The van der Waals surface area contributed by atoms with Crippen LogP contribution >= 0.6 is 12.6 Å². The summed E-state index contributed by atoms with van der Waals surface area (Å²) in [7, 11) is 0. The van der Waals surface area contributed by atoms with Crippen molar-refractivity contribution in [1.82, 2.24) is 0 Å². The van der Waals surface area contributed by atoms with Crippen molar-refractivity contribution < 1.29 is 4.74 Å². The van der Waals surface area contributed by atoms with E-state index in [2.05, 4.69) is 12.6 Å². The molecule has 0 spiro atoms. The topological polar surface area (TPSA) is 9.23 Å². The number of rotatable bonds is 4. The second kappa shape index (κ2) is 5.58. The molecule has 0 radical (unpaired) electrons. The van der Waals surface area contributed by atoms with Crippen LogP contribution in [0.25, 0.3) is 0 Å². The van der Waals surface area contributed by atoms with Crippen molar-refractivity contribution in [1.29, 1.82) is 0 Å². The van der Waals surface area contributed by atoms with Gasteiger partial charge in [0, 0.05) is 5.41 Å². The molecule has 0 saturated heterocycles. The van der Waals surface area contributed by atoms with Crippen molar-refractivity contribution >= 4 is 12.6 Å². The van der Waals surface area contributed by atoms with E-state index < -0.39 is 0 Å². The molecule has 0 aromatic carbocycles. The summed E-state index contributed by atoms with van der Waals surface area (Å²) < 4.78 is 6.11. The van der Waals surface area contributed by atoms with Crippen LogP contribution in [0.3, 0.4) is 0 Å². The molecular formula is C13H24OS. The normalized spacial score (nSPS) is 27.0. The zero-order chi connectivity index (χ0) is 10.6. The summed E-state index contributed by atoms with van der Waals surface area (Å²) in [4.78, 5) is 0. The summed E-state index contributed by atoms with van der Waals surface area (Å²) in [5.74, 6) is 1.01. The fraction of sp³-hybridized carbons (Fsp3) is 1.00. The third kappa shape index (κ3) is 3.13. The second-order valence-electron chi connectivity index (χ2n) is 5.44. The van der Waals surface area contributed by atoms with Gasteiger partial charge in [-0.15, -0.1) is 0 Å². The molecule has 2 heteroatoms. The average Bonchev–Trinajstić information content (AvgIpc) is 2.45. The molecule has 0 amide bonds. The monoisotopic (exact) mass is 228 g/mol. The van der Waals surface area contributed by atoms with Crippen molar-refractivity contribution in [3.8, 4) is 0 Å². The minimum Gasteiger partial charge on any atom is -0.378 e. The maximum atomic E-state index is 6.11. The number of hydrogen-bond donors (Lipinski definition) is 1. The van der Waals surface area contributed by atoms with Crippen LogP contribution in [0.5, 0.6) is 0 Å². The van der Waals surface area contributed by atoms with Gasteiger partial charge in [0.1, 0.15) is 0 Å². The van der Waals surface area contributed by atoms with Gasteiger partial charge in [0.2, 0.25) is 0 Å². The van der Waals surface area contributed by atoms with E-state index in [1.165, 1.54) is 57.8 Å². The highest BCUT2D eigenvalue weighted by molar-refractivity contribution is 7.80. The molecule has 0 aliphatic heterocycles. The number of thiol groups is 1. The second-order valence-corrected chi connectivity index (χ2v) is 5.75. The lowest BCUT2D eigenvalue weighted by Gasteiger charge is -2.41. The van der Waals surface area contributed by atoms with Crippen molar-refractivity contribution in [2.75, 3.05) is 12.4 Å². The van der Waals surface area contributed by atoms with Gasteiger partial charge in [-0.25, -0.2) is 0 Å². The van der Waals surface area contributed by atoms with Gasteiger partial charge in [-0.2, -0.15) is 12.6 Å². The standard InChI is InChI=1S/C13H24OS/c15-11-13(8-5-9-13)10-14-12-6-3-1-2-4-7-12/h12,15H,1-11H2. The van der Waals surface area contributed by atoms with Crippen LogP contribution in [0.2, 0.25) is 0 Å². The van der Waals surface area contributed by atoms with E-state index in [-0.39, 0.29) is 0 Å². The Labute approximate surface area is 99.4 Å². The first-order valence-corrected chi connectivity index (χ1v) is 7.20. The summed E-state index contributed by atoms with van der Waals surface area (Å²) in [6.07, 6.45) is 12.8. The Hall–Kier alpha value is 0.310. The molecule has 1 nitrogen and oxygen atoms in total. The van der Waals surface area contributed by atoms with E-state index >= 15 is 0 Å². The number of hydrogen-bond acceptors (Lipinski definition) is 2. The Morgan fingerprint density at radius 1 is 1.00 bits per heavy atom. The van der Waals surface area contributed by atoms with E-state index in [1.807, 2.05) is 0 Å². The molecule has 2 rings (SSSR count). The summed E-state index contributed by atoms with van der Waals surface area (Å²) >= 11 is 4.47. The third-order valence-electron chi connectivity index (χ3n) is 4.18. The largest absolute Gasteiger partial charge is 0.378 e. The fourth-order valence-electron chi connectivity index (χ4n) is 2.73. The van der Waals surface area contributed by atoms with E-state index in [9.17, 15) is 0 Å². The highest BCUT2D eigenvalue weighted by Gasteiger charge is 2.36. The van der Waals surface area contributed by atoms with Gasteiger partial charge < -0.3 is 4.74 Å². The van der Waals surface area contributed by atoms with E-state index in [1.54, 1.807) is 0 Å². The first-order chi connectivity index (χ1) is 7.35. The summed E-state index contributed by atoms with van der Waals surface area (Å²) in [5.41, 5.74) is 0.454. The Kier molecular flexibility index (Phi) is 4.39. The first-order valence-electron chi connectivity index (χ1n) is 6.57. The quantitative estimate of drug-likeness (QED) is 0.568. The van der Waals surface area contributed by atoms with Crippen molar-refractivity contribution in [3.05, 3.63) is 0 Å². The molecule has 0 N–H and O–H groups in total. The smallest absolute Gasteiger partial charge is 0.0575 e. The van der Waals surface area contributed by atoms with Crippen LogP contribution < -0.4 is 0 Å². The maximum absolute atomic E-state index is 6.11. The Morgan fingerprint density at radius 3 is 2.13 bits per heavy atom. The third-order valence-corrected chi connectivity index (χ3v) is 4.85. The van der Waals surface area contributed by atoms with Crippen molar-refractivity contribution in [3.63, 3.8) is 0 Å². The summed E-state index contributed by atoms with van der Waals surface area (Å²) in [6.45, 7) is 0.973. The van der Waals surface area contributed by atoms with Gasteiger partial charge in [0.25, 0.3) is 0 Å². The highest BCUT2D eigenvalue weighted by Crippen LogP contribution is 2.42. The van der Waals surface area contributed by atoms with Crippen molar-refractivity contribution in [2.24, 2.45) is 5.41 Å². The van der Waals surface area contributed by atoms with Crippen LogP contribution in [0, 0.1) is 5.41 Å². The molecule has 2 aliphatic carbocycles. The Balaban J connectivity index is 1.71. The molecule has 88 valence electrons.